The minimum Gasteiger partial charge on any atom is -0.493 e. The van der Waals surface area contributed by atoms with Gasteiger partial charge in [-0.3, -0.25) is 4.79 Å². The number of rotatable bonds is 6. The molecule has 0 radical (unpaired) electrons. The average molecular weight is 347 g/mol. The third kappa shape index (κ3) is 4.26. The van der Waals surface area contributed by atoms with E-state index in [1.807, 2.05) is 19.1 Å². The van der Waals surface area contributed by atoms with Crippen LogP contribution in [0.15, 0.2) is 47.6 Å². The van der Waals surface area contributed by atoms with E-state index in [-0.39, 0.29) is 5.91 Å². The molecule has 0 saturated carbocycles. The first-order valence-electron chi connectivity index (χ1n) is 7.44. The van der Waals surface area contributed by atoms with E-state index in [2.05, 4.69) is 10.5 Å². The highest BCUT2D eigenvalue weighted by Gasteiger charge is 2.10. The monoisotopic (exact) mass is 346 g/mol. The van der Waals surface area contributed by atoms with Crippen molar-refractivity contribution in [1.82, 2.24) is 5.43 Å². The van der Waals surface area contributed by atoms with E-state index >= 15 is 0 Å². The number of nitrogens with zero attached hydrogens (tertiary/aromatic N) is 1. The van der Waals surface area contributed by atoms with E-state index in [4.69, 9.17) is 21.1 Å². The summed E-state index contributed by atoms with van der Waals surface area (Å²) < 4.78 is 10.5. The largest absolute Gasteiger partial charge is 0.493 e. The van der Waals surface area contributed by atoms with Gasteiger partial charge in [-0.25, -0.2) is 5.43 Å². The zero-order valence-electron chi connectivity index (χ0n) is 13.8. The second-order valence-corrected chi connectivity index (χ2v) is 5.37. The number of nitrogens with one attached hydrogen (secondary N) is 1. The molecule has 2 aromatic rings. The number of hydrogen-bond donors (Lipinski definition) is 1. The lowest BCUT2D eigenvalue weighted by Crippen LogP contribution is -2.20. The van der Waals surface area contributed by atoms with Gasteiger partial charge in [0.05, 0.1) is 19.9 Å². The first-order chi connectivity index (χ1) is 11.6. The molecule has 0 heterocycles. The van der Waals surface area contributed by atoms with Crippen molar-refractivity contribution >= 4 is 23.2 Å². The maximum absolute atomic E-state index is 12.1. The Bertz CT molecular complexity index is 742. The Balaban J connectivity index is 2.19. The van der Waals surface area contributed by atoms with Gasteiger partial charge in [0.25, 0.3) is 5.91 Å². The van der Waals surface area contributed by atoms with Crippen molar-refractivity contribution in [3.05, 3.63) is 58.6 Å². The Labute approximate surface area is 146 Å². The number of carbonyl (C=O) groups is 1. The van der Waals surface area contributed by atoms with Crippen molar-refractivity contribution in [1.29, 1.82) is 0 Å². The minimum atomic E-state index is -0.293. The van der Waals surface area contributed by atoms with Crippen molar-refractivity contribution in [2.24, 2.45) is 5.10 Å². The SMILES string of the molecule is CC/C(=N/NC(=O)c1ccc(Cl)cc1)c1ccc(OC)c(OC)c1. The summed E-state index contributed by atoms with van der Waals surface area (Å²) >= 11 is 5.82. The second-order valence-electron chi connectivity index (χ2n) is 4.93. The molecule has 0 spiro atoms. The first kappa shape index (κ1) is 17.8. The van der Waals surface area contributed by atoms with Crippen molar-refractivity contribution in [2.45, 2.75) is 13.3 Å². The molecular formula is C18H19ClN2O3. The number of ether oxygens (including phenoxy) is 2. The highest BCUT2D eigenvalue weighted by atomic mass is 35.5. The fourth-order valence-electron chi connectivity index (χ4n) is 2.15. The number of carbonyl (C=O) groups excluding carboxylic acids is 1. The van der Waals surface area contributed by atoms with Crippen LogP contribution in [0.3, 0.4) is 0 Å². The summed E-state index contributed by atoms with van der Waals surface area (Å²) in [5.74, 6) is 0.958. The standard InChI is InChI=1S/C18H19ClN2O3/c1-4-15(13-7-10-16(23-2)17(11-13)24-3)20-21-18(22)12-5-8-14(19)9-6-12/h5-11H,4H2,1-3H3,(H,21,22)/b20-15-. The molecule has 1 N–H and O–H groups in total. The summed E-state index contributed by atoms with van der Waals surface area (Å²) in [6.45, 7) is 1.96. The van der Waals surface area contributed by atoms with E-state index < -0.39 is 0 Å². The fraction of sp³-hybridized carbons (Fsp3) is 0.222. The van der Waals surface area contributed by atoms with Crippen LogP contribution >= 0.6 is 11.6 Å². The van der Waals surface area contributed by atoms with Gasteiger partial charge >= 0.3 is 0 Å². The molecule has 0 atom stereocenters. The molecule has 6 heteroatoms. The van der Waals surface area contributed by atoms with Crippen LogP contribution in [0, 0.1) is 0 Å². The van der Waals surface area contributed by atoms with Gasteiger partial charge in [0, 0.05) is 16.1 Å². The average Bonchev–Trinajstić information content (AvgIpc) is 2.62. The smallest absolute Gasteiger partial charge is 0.271 e. The molecule has 0 aliphatic heterocycles. The molecule has 0 aromatic heterocycles. The van der Waals surface area contributed by atoms with Crippen LogP contribution in [-0.4, -0.2) is 25.8 Å². The van der Waals surface area contributed by atoms with Crippen LogP contribution in [0.1, 0.15) is 29.3 Å². The molecule has 24 heavy (non-hydrogen) atoms. The highest BCUT2D eigenvalue weighted by molar-refractivity contribution is 6.30. The lowest BCUT2D eigenvalue weighted by Gasteiger charge is -2.10. The second kappa shape index (κ2) is 8.36. The van der Waals surface area contributed by atoms with Gasteiger partial charge in [-0.1, -0.05) is 18.5 Å². The molecule has 2 aromatic carbocycles. The molecular weight excluding hydrogens is 328 g/mol. The van der Waals surface area contributed by atoms with Crippen LogP contribution in [0.2, 0.25) is 5.02 Å². The quantitative estimate of drug-likeness (QED) is 0.637. The summed E-state index contributed by atoms with van der Waals surface area (Å²) in [5, 5.41) is 4.81. The Morgan fingerprint density at radius 1 is 1.04 bits per heavy atom. The molecule has 0 fully saturated rings. The number of amides is 1. The topological polar surface area (TPSA) is 59.9 Å². The summed E-state index contributed by atoms with van der Waals surface area (Å²) in [4.78, 5) is 12.1. The van der Waals surface area contributed by atoms with E-state index in [1.165, 1.54) is 0 Å². The first-order valence-corrected chi connectivity index (χ1v) is 7.81. The van der Waals surface area contributed by atoms with Gasteiger partial charge in [-0.2, -0.15) is 5.10 Å². The predicted octanol–water partition coefficient (Wildman–Crippen LogP) is 3.90. The Morgan fingerprint density at radius 3 is 2.25 bits per heavy atom. The minimum absolute atomic E-state index is 0.293. The van der Waals surface area contributed by atoms with Gasteiger partial charge in [-0.15, -0.1) is 0 Å². The Hall–Kier alpha value is -2.53. The molecule has 0 bridgehead atoms. The lowest BCUT2D eigenvalue weighted by atomic mass is 10.1. The van der Waals surface area contributed by atoms with Gasteiger partial charge in [0.2, 0.25) is 0 Å². The van der Waals surface area contributed by atoms with Crippen molar-refractivity contribution in [3.8, 4) is 11.5 Å². The van der Waals surface area contributed by atoms with Gasteiger partial charge < -0.3 is 9.47 Å². The van der Waals surface area contributed by atoms with Gasteiger partial charge in [0.1, 0.15) is 0 Å². The maximum Gasteiger partial charge on any atom is 0.271 e. The molecule has 0 aliphatic carbocycles. The summed E-state index contributed by atoms with van der Waals surface area (Å²) in [6, 6.07) is 12.1. The molecule has 126 valence electrons. The predicted molar refractivity (Wildman–Crippen MR) is 95.3 cm³/mol. The van der Waals surface area contributed by atoms with Crippen LogP contribution < -0.4 is 14.9 Å². The summed E-state index contributed by atoms with van der Waals surface area (Å²) in [5.41, 5.74) is 4.65. The molecule has 5 nitrogen and oxygen atoms in total. The van der Waals surface area contributed by atoms with E-state index in [1.54, 1.807) is 44.6 Å². The van der Waals surface area contributed by atoms with Crippen LogP contribution in [-0.2, 0) is 0 Å². The highest BCUT2D eigenvalue weighted by Crippen LogP contribution is 2.28. The number of methoxy groups -OCH3 is 2. The van der Waals surface area contributed by atoms with Crippen molar-refractivity contribution in [3.63, 3.8) is 0 Å². The fourth-order valence-corrected chi connectivity index (χ4v) is 2.27. The third-order valence-corrected chi connectivity index (χ3v) is 3.70. The van der Waals surface area contributed by atoms with Crippen molar-refractivity contribution in [2.75, 3.05) is 14.2 Å². The Kier molecular flexibility index (Phi) is 6.21. The summed E-state index contributed by atoms with van der Waals surface area (Å²) in [6.07, 6.45) is 0.649. The van der Waals surface area contributed by atoms with Crippen LogP contribution in [0.4, 0.5) is 0 Å². The summed E-state index contributed by atoms with van der Waals surface area (Å²) in [7, 11) is 3.16. The van der Waals surface area contributed by atoms with E-state index in [9.17, 15) is 4.79 Å². The van der Waals surface area contributed by atoms with Crippen molar-refractivity contribution < 1.29 is 14.3 Å². The third-order valence-electron chi connectivity index (χ3n) is 3.45. The lowest BCUT2D eigenvalue weighted by molar-refractivity contribution is 0.0955. The molecule has 1 amide bonds. The number of hydrogen-bond acceptors (Lipinski definition) is 4. The van der Waals surface area contributed by atoms with Crippen LogP contribution in [0.25, 0.3) is 0 Å². The number of halogens is 1. The number of hydrazone groups is 1. The number of benzene rings is 2. The van der Waals surface area contributed by atoms with E-state index in [0.29, 0.717) is 28.5 Å². The van der Waals surface area contributed by atoms with E-state index in [0.717, 1.165) is 11.3 Å². The molecule has 2 rings (SSSR count). The zero-order valence-corrected chi connectivity index (χ0v) is 14.6. The normalized spacial score (nSPS) is 11.1. The van der Waals surface area contributed by atoms with Gasteiger partial charge in [-0.05, 0) is 48.9 Å². The van der Waals surface area contributed by atoms with Crippen LogP contribution in [0.5, 0.6) is 11.5 Å². The molecule has 0 saturated heterocycles. The molecule has 0 unspecified atom stereocenters. The maximum atomic E-state index is 12.1. The Morgan fingerprint density at radius 2 is 1.67 bits per heavy atom. The zero-order chi connectivity index (χ0) is 17.5. The molecule has 0 aliphatic rings. The van der Waals surface area contributed by atoms with Gasteiger partial charge in [0.15, 0.2) is 11.5 Å².